The van der Waals surface area contributed by atoms with Gasteiger partial charge in [-0.05, 0) is 24.5 Å². The highest BCUT2D eigenvalue weighted by Crippen LogP contribution is 2.16. The molecule has 0 bridgehead atoms. The van der Waals surface area contributed by atoms with Crippen molar-refractivity contribution < 1.29 is 9.90 Å². The average molecular weight is 418 g/mol. The fourth-order valence-electron chi connectivity index (χ4n) is 4.17. The van der Waals surface area contributed by atoms with E-state index in [1.165, 1.54) is 103 Å². The molecule has 0 aromatic heterocycles. The molecule has 3 nitrogen and oxygen atoms in total. The van der Waals surface area contributed by atoms with Crippen LogP contribution < -0.4 is 5.32 Å². The van der Waals surface area contributed by atoms with Crippen LogP contribution in [0.4, 0.5) is 0 Å². The smallest absolute Gasteiger partial charge is 0.253 e. The van der Waals surface area contributed by atoms with E-state index in [1.54, 1.807) is 0 Å². The lowest BCUT2D eigenvalue weighted by Gasteiger charge is -2.09. The summed E-state index contributed by atoms with van der Waals surface area (Å²) in [7, 11) is 0. The fourth-order valence-corrected chi connectivity index (χ4v) is 4.17. The number of benzene rings is 1. The van der Waals surface area contributed by atoms with E-state index in [0.29, 0.717) is 5.56 Å². The van der Waals surface area contributed by atoms with Crippen LogP contribution in [0.25, 0.3) is 0 Å². The molecule has 0 radical (unpaired) electrons. The normalized spacial score (nSPS) is 11.0. The quantitative estimate of drug-likeness (QED) is 0.170. The van der Waals surface area contributed by atoms with Gasteiger partial charge in [0.15, 0.2) is 0 Å². The van der Waals surface area contributed by atoms with Gasteiger partial charge < -0.3 is 10.4 Å². The van der Waals surface area contributed by atoms with Gasteiger partial charge in [-0.2, -0.15) is 0 Å². The Bertz CT molecular complexity index is 529. The molecule has 0 saturated carbocycles. The van der Waals surface area contributed by atoms with Crippen molar-refractivity contribution >= 4 is 5.91 Å². The summed E-state index contributed by atoms with van der Waals surface area (Å²) in [4.78, 5) is 12.0. The van der Waals surface area contributed by atoms with E-state index >= 15 is 0 Å². The Hall–Kier alpha value is -1.35. The fraction of sp³-hybridized carbons (Fsp3) is 0.741. The molecule has 30 heavy (non-hydrogen) atoms. The predicted molar refractivity (Wildman–Crippen MR) is 129 cm³/mol. The summed E-state index contributed by atoms with van der Waals surface area (Å²) in [5.41, 5.74) is 1.78. The zero-order valence-corrected chi connectivity index (χ0v) is 19.6. The number of carbonyl (C=O) groups excluding carboxylic acids is 1. The minimum absolute atomic E-state index is 0.180. The second-order valence-corrected chi connectivity index (χ2v) is 8.73. The lowest BCUT2D eigenvalue weighted by Crippen LogP contribution is -2.25. The van der Waals surface area contributed by atoms with E-state index in [0.717, 1.165) is 18.4 Å². The Morgan fingerprint density at radius 2 is 1.13 bits per heavy atom. The van der Waals surface area contributed by atoms with Crippen molar-refractivity contribution in [2.75, 3.05) is 6.73 Å². The second-order valence-electron chi connectivity index (χ2n) is 8.73. The number of amides is 1. The van der Waals surface area contributed by atoms with E-state index < -0.39 is 0 Å². The van der Waals surface area contributed by atoms with Crippen LogP contribution in [0.15, 0.2) is 24.3 Å². The average Bonchev–Trinajstić information content (AvgIpc) is 2.76. The largest absolute Gasteiger partial charge is 0.376 e. The molecule has 0 atom stereocenters. The van der Waals surface area contributed by atoms with Gasteiger partial charge in [0.1, 0.15) is 6.73 Å². The van der Waals surface area contributed by atoms with Crippen LogP contribution >= 0.6 is 0 Å². The van der Waals surface area contributed by atoms with E-state index in [1.807, 2.05) is 24.3 Å². The van der Waals surface area contributed by atoms with Crippen LogP contribution in [-0.2, 0) is 6.42 Å². The maximum absolute atomic E-state index is 12.0. The van der Waals surface area contributed by atoms with Crippen LogP contribution in [0, 0.1) is 0 Å². The number of aryl methyl sites for hydroxylation is 1. The molecule has 2 N–H and O–H groups in total. The highest BCUT2D eigenvalue weighted by atomic mass is 16.3. The second kappa shape index (κ2) is 19.6. The number of unbranched alkanes of at least 4 members (excludes halogenated alkanes) is 16. The van der Waals surface area contributed by atoms with Crippen LogP contribution in [0.2, 0.25) is 0 Å². The van der Waals surface area contributed by atoms with Crippen molar-refractivity contribution in [1.29, 1.82) is 0 Å². The van der Waals surface area contributed by atoms with Crippen LogP contribution in [0.3, 0.4) is 0 Å². The summed E-state index contributed by atoms with van der Waals surface area (Å²) in [6, 6.07) is 7.73. The Morgan fingerprint density at radius 3 is 1.60 bits per heavy atom. The molecule has 1 aromatic carbocycles. The third kappa shape index (κ3) is 13.8. The topological polar surface area (TPSA) is 49.3 Å². The Kier molecular flexibility index (Phi) is 17.4. The molecule has 1 aromatic rings. The maximum Gasteiger partial charge on any atom is 0.253 e. The molecule has 0 spiro atoms. The van der Waals surface area contributed by atoms with Gasteiger partial charge in [0.05, 0.1) is 0 Å². The summed E-state index contributed by atoms with van der Waals surface area (Å²) in [6.07, 6.45) is 24.4. The number of nitrogens with one attached hydrogen (secondary N) is 1. The van der Waals surface area contributed by atoms with Crippen molar-refractivity contribution in [1.82, 2.24) is 5.32 Å². The number of aliphatic hydroxyl groups excluding tert-OH is 1. The van der Waals surface area contributed by atoms with E-state index in [2.05, 4.69) is 12.2 Å². The van der Waals surface area contributed by atoms with Gasteiger partial charge in [-0.15, -0.1) is 0 Å². The van der Waals surface area contributed by atoms with Crippen LogP contribution in [0.5, 0.6) is 0 Å². The molecule has 0 aliphatic carbocycles. The summed E-state index contributed by atoms with van der Waals surface area (Å²) in [6.45, 7) is 1.97. The molecule has 1 rings (SSSR count). The summed E-state index contributed by atoms with van der Waals surface area (Å²) >= 11 is 0. The standard InChI is InChI=1S/C27H47NO2/c1-2-3-4-5-6-7-8-9-10-11-12-13-14-15-16-17-18-21-25-22-19-20-23-26(25)27(30)28-24-29/h19-20,22-23,29H,2-18,21,24H2,1H3,(H,28,30). The van der Waals surface area contributed by atoms with Gasteiger partial charge in [0, 0.05) is 5.56 Å². The first-order chi connectivity index (χ1) is 14.8. The van der Waals surface area contributed by atoms with E-state index in [-0.39, 0.29) is 12.6 Å². The number of aliphatic hydroxyl groups is 1. The molecular formula is C27H47NO2. The molecule has 0 aliphatic heterocycles. The lowest BCUT2D eigenvalue weighted by atomic mass is 9.99. The first-order valence-electron chi connectivity index (χ1n) is 12.8. The van der Waals surface area contributed by atoms with Gasteiger partial charge in [-0.3, -0.25) is 4.79 Å². The number of hydrogen-bond donors (Lipinski definition) is 2. The molecule has 1 amide bonds. The van der Waals surface area contributed by atoms with Gasteiger partial charge in [0.2, 0.25) is 0 Å². The van der Waals surface area contributed by atoms with Crippen molar-refractivity contribution in [3.8, 4) is 0 Å². The lowest BCUT2D eigenvalue weighted by molar-refractivity contribution is 0.0909. The molecule has 3 heteroatoms. The SMILES string of the molecule is CCCCCCCCCCCCCCCCCCCc1ccccc1C(=O)NCO. The Morgan fingerprint density at radius 1 is 0.700 bits per heavy atom. The van der Waals surface area contributed by atoms with Crippen LogP contribution in [-0.4, -0.2) is 17.7 Å². The summed E-state index contributed by atoms with van der Waals surface area (Å²) in [5.74, 6) is -0.180. The third-order valence-corrected chi connectivity index (χ3v) is 6.05. The monoisotopic (exact) mass is 417 g/mol. The minimum Gasteiger partial charge on any atom is -0.376 e. The van der Waals surface area contributed by atoms with E-state index in [9.17, 15) is 4.79 Å². The first-order valence-corrected chi connectivity index (χ1v) is 12.8. The Labute approximate surface area is 186 Å². The number of rotatable bonds is 20. The number of hydrogen-bond acceptors (Lipinski definition) is 2. The minimum atomic E-state index is -0.313. The van der Waals surface area contributed by atoms with Gasteiger partial charge in [-0.1, -0.05) is 128 Å². The predicted octanol–water partition coefficient (Wildman–Crippen LogP) is 7.56. The van der Waals surface area contributed by atoms with Crippen molar-refractivity contribution in [3.05, 3.63) is 35.4 Å². The molecule has 0 fully saturated rings. The molecule has 0 heterocycles. The maximum atomic E-state index is 12.0. The highest BCUT2D eigenvalue weighted by molar-refractivity contribution is 5.95. The molecular weight excluding hydrogens is 370 g/mol. The molecule has 0 unspecified atom stereocenters. The van der Waals surface area contributed by atoms with Gasteiger partial charge in [0.25, 0.3) is 5.91 Å². The van der Waals surface area contributed by atoms with Gasteiger partial charge in [-0.25, -0.2) is 0 Å². The molecule has 172 valence electrons. The summed E-state index contributed by atoms with van der Waals surface area (Å²) < 4.78 is 0. The van der Waals surface area contributed by atoms with Crippen molar-refractivity contribution in [2.24, 2.45) is 0 Å². The van der Waals surface area contributed by atoms with Gasteiger partial charge >= 0.3 is 0 Å². The Balaban J connectivity index is 1.90. The zero-order valence-electron chi connectivity index (χ0n) is 19.6. The molecule has 0 saturated heterocycles. The summed E-state index contributed by atoms with van der Waals surface area (Å²) in [5, 5.41) is 11.4. The zero-order chi connectivity index (χ0) is 21.7. The third-order valence-electron chi connectivity index (χ3n) is 6.05. The van der Waals surface area contributed by atoms with E-state index in [4.69, 9.17) is 5.11 Å². The molecule has 0 aliphatic rings. The number of carbonyl (C=O) groups is 1. The first kappa shape index (κ1) is 26.7. The van der Waals surface area contributed by atoms with Crippen LogP contribution in [0.1, 0.15) is 132 Å². The van der Waals surface area contributed by atoms with Crippen molar-refractivity contribution in [2.45, 2.75) is 122 Å². The van der Waals surface area contributed by atoms with Crippen molar-refractivity contribution in [3.63, 3.8) is 0 Å². The highest BCUT2D eigenvalue weighted by Gasteiger charge is 2.09.